The van der Waals surface area contributed by atoms with Crippen molar-refractivity contribution in [1.82, 2.24) is 4.72 Å². The van der Waals surface area contributed by atoms with Crippen LogP contribution in [0.4, 0.5) is 17.6 Å². The lowest BCUT2D eigenvalue weighted by molar-refractivity contribution is -0.132. The Morgan fingerprint density at radius 1 is 1.28 bits per heavy atom. The highest BCUT2D eigenvalue weighted by Gasteiger charge is 2.28. The van der Waals surface area contributed by atoms with Crippen molar-refractivity contribution in [2.75, 3.05) is 6.54 Å². The van der Waals surface area contributed by atoms with E-state index >= 15 is 0 Å². The van der Waals surface area contributed by atoms with Crippen LogP contribution in [0.5, 0.6) is 0 Å². The minimum absolute atomic E-state index is 0.328. The van der Waals surface area contributed by atoms with Gasteiger partial charge in [-0.1, -0.05) is 15.9 Å². The number of rotatable bonds is 4. The van der Waals surface area contributed by atoms with Crippen LogP contribution in [0.25, 0.3) is 0 Å². The fourth-order valence-electron chi connectivity index (χ4n) is 1.10. The van der Waals surface area contributed by atoms with Crippen molar-refractivity contribution >= 4 is 26.0 Å². The Labute approximate surface area is 109 Å². The van der Waals surface area contributed by atoms with Gasteiger partial charge in [0.15, 0.2) is 0 Å². The second-order valence-electron chi connectivity index (χ2n) is 3.34. The van der Waals surface area contributed by atoms with Crippen molar-refractivity contribution in [3.8, 4) is 0 Å². The SMILES string of the molecule is O=S(=O)(NCCC(F)(F)F)c1ccc(Br)cc1F. The first-order valence-corrected chi connectivity index (χ1v) is 6.91. The molecule has 0 atom stereocenters. The van der Waals surface area contributed by atoms with E-state index in [1.165, 1.54) is 6.07 Å². The Bertz CT molecular complexity index is 530. The third kappa shape index (κ3) is 4.54. The molecule has 0 radical (unpaired) electrons. The average Bonchev–Trinajstić information content (AvgIpc) is 2.13. The van der Waals surface area contributed by atoms with Gasteiger partial charge in [0.2, 0.25) is 10.0 Å². The van der Waals surface area contributed by atoms with Gasteiger partial charge >= 0.3 is 6.18 Å². The van der Waals surface area contributed by atoms with E-state index < -0.39 is 39.9 Å². The van der Waals surface area contributed by atoms with Crippen LogP contribution in [0.15, 0.2) is 27.6 Å². The number of sulfonamides is 1. The second kappa shape index (κ2) is 5.54. The van der Waals surface area contributed by atoms with E-state index in [0.717, 1.165) is 12.1 Å². The molecule has 0 saturated heterocycles. The summed E-state index contributed by atoms with van der Waals surface area (Å²) in [4.78, 5) is -0.687. The van der Waals surface area contributed by atoms with Crippen molar-refractivity contribution in [3.63, 3.8) is 0 Å². The van der Waals surface area contributed by atoms with Crippen molar-refractivity contribution in [3.05, 3.63) is 28.5 Å². The predicted molar refractivity (Wildman–Crippen MR) is 60.0 cm³/mol. The lowest BCUT2D eigenvalue weighted by Gasteiger charge is -2.09. The van der Waals surface area contributed by atoms with Gasteiger partial charge in [-0.05, 0) is 18.2 Å². The maximum absolute atomic E-state index is 13.3. The van der Waals surface area contributed by atoms with Gasteiger partial charge in [0.05, 0.1) is 6.42 Å². The van der Waals surface area contributed by atoms with Crippen molar-refractivity contribution in [2.24, 2.45) is 0 Å². The smallest absolute Gasteiger partial charge is 0.211 e. The normalized spacial score (nSPS) is 12.7. The fourth-order valence-corrected chi connectivity index (χ4v) is 2.52. The zero-order valence-corrected chi connectivity index (χ0v) is 11.2. The Kier molecular flexibility index (Phi) is 4.73. The van der Waals surface area contributed by atoms with Crippen molar-refractivity contribution in [2.45, 2.75) is 17.5 Å². The van der Waals surface area contributed by atoms with Crippen LogP contribution in [0.2, 0.25) is 0 Å². The zero-order chi connectivity index (χ0) is 14.0. The highest BCUT2D eigenvalue weighted by atomic mass is 79.9. The van der Waals surface area contributed by atoms with Gasteiger partial charge < -0.3 is 0 Å². The molecule has 0 fully saturated rings. The molecule has 1 aromatic carbocycles. The van der Waals surface area contributed by atoms with Gasteiger partial charge in [0.1, 0.15) is 10.7 Å². The van der Waals surface area contributed by atoms with Crippen LogP contribution in [0.3, 0.4) is 0 Å². The van der Waals surface area contributed by atoms with E-state index in [2.05, 4.69) is 15.9 Å². The quantitative estimate of drug-likeness (QED) is 0.849. The summed E-state index contributed by atoms with van der Waals surface area (Å²) in [6.07, 6.45) is -5.79. The van der Waals surface area contributed by atoms with Gasteiger partial charge in [-0.2, -0.15) is 13.2 Å². The van der Waals surface area contributed by atoms with Gasteiger partial charge in [0.25, 0.3) is 0 Å². The molecule has 9 heteroatoms. The van der Waals surface area contributed by atoms with Crippen LogP contribution < -0.4 is 4.72 Å². The van der Waals surface area contributed by atoms with Gasteiger partial charge in [0, 0.05) is 11.0 Å². The molecule has 18 heavy (non-hydrogen) atoms. The van der Waals surface area contributed by atoms with Crippen LogP contribution in [0.1, 0.15) is 6.42 Å². The average molecular weight is 350 g/mol. The highest BCUT2D eigenvalue weighted by molar-refractivity contribution is 9.10. The first-order valence-electron chi connectivity index (χ1n) is 4.63. The fraction of sp³-hybridized carbons (Fsp3) is 0.333. The van der Waals surface area contributed by atoms with E-state index in [0.29, 0.717) is 4.47 Å². The molecule has 0 spiro atoms. The summed E-state index contributed by atoms with van der Waals surface area (Å²) in [5, 5.41) is 0. The molecule has 0 bridgehead atoms. The van der Waals surface area contributed by atoms with Gasteiger partial charge in [-0.25, -0.2) is 17.5 Å². The summed E-state index contributed by atoms with van der Waals surface area (Å²) in [5.74, 6) is -1.04. The molecule has 102 valence electrons. The summed E-state index contributed by atoms with van der Waals surface area (Å²) in [7, 11) is -4.28. The molecule has 1 N–H and O–H groups in total. The summed E-state index contributed by atoms with van der Waals surface area (Å²) in [6, 6.07) is 3.16. The summed E-state index contributed by atoms with van der Waals surface area (Å²) in [5.41, 5.74) is 0. The zero-order valence-electron chi connectivity index (χ0n) is 8.76. The van der Waals surface area contributed by atoms with Gasteiger partial charge in [-0.15, -0.1) is 0 Å². The molecule has 3 nitrogen and oxygen atoms in total. The van der Waals surface area contributed by atoms with E-state index in [1.54, 1.807) is 4.72 Å². The van der Waals surface area contributed by atoms with Crippen molar-refractivity contribution < 1.29 is 26.0 Å². The lowest BCUT2D eigenvalue weighted by Crippen LogP contribution is -2.28. The molecule has 1 aromatic rings. The summed E-state index contributed by atoms with van der Waals surface area (Å²) in [6.45, 7) is -0.832. The third-order valence-corrected chi connectivity index (χ3v) is 3.87. The van der Waals surface area contributed by atoms with Crippen LogP contribution >= 0.6 is 15.9 Å². The molecule has 0 aliphatic rings. The number of hydrogen-bond acceptors (Lipinski definition) is 2. The first kappa shape index (κ1) is 15.4. The standard InChI is InChI=1S/C9H8BrF4NO2S/c10-6-1-2-8(7(11)5-6)18(16,17)15-4-3-9(12,13)14/h1-2,5,15H,3-4H2. The number of benzene rings is 1. The molecule has 1 rings (SSSR count). The van der Waals surface area contributed by atoms with E-state index in [1.807, 2.05) is 0 Å². The Hall–Kier alpha value is -0.670. The lowest BCUT2D eigenvalue weighted by atomic mass is 10.3. The predicted octanol–water partition coefficient (Wildman–Crippen LogP) is 2.82. The van der Waals surface area contributed by atoms with Gasteiger partial charge in [-0.3, -0.25) is 0 Å². The van der Waals surface area contributed by atoms with E-state index in [9.17, 15) is 26.0 Å². The maximum Gasteiger partial charge on any atom is 0.390 e. The number of alkyl halides is 3. The second-order valence-corrected chi connectivity index (χ2v) is 5.99. The van der Waals surface area contributed by atoms with E-state index in [4.69, 9.17) is 0 Å². The molecule has 0 unspecified atom stereocenters. The minimum Gasteiger partial charge on any atom is -0.211 e. The van der Waals surface area contributed by atoms with Crippen molar-refractivity contribution in [1.29, 1.82) is 0 Å². The summed E-state index contributed by atoms with van der Waals surface area (Å²) >= 11 is 2.94. The molecule has 0 heterocycles. The molecule has 0 saturated carbocycles. The maximum atomic E-state index is 13.3. The molecular formula is C9H8BrF4NO2S. The number of hydrogen-bond donors (Lipinski definition) is 1. The Morgan fingerprint density at radius 2 is 1.89 bits per heavy atom. The Balaban J connectivity index is 2.81. The van der Waals surface area contributed by atoms with Crippen LogP contribution in [0, 0.1) is 5.82 Å². The number of nitrogens with one attached hydrogen (secondary N) is 1. The molecule has 0 amide bonds. The molecule has 0 aliphatic heterocycles. The Morgan fingerprint density at radius 3 is 2.39 bits per heavy atom. The molecule has 0 aromatic heterocycles. The largest absolute Gasteiger partial charge is 0.390 e. The van der Waals surface area contributed by atoms with E-state index in [-0.39, 0.29) is 0 Å². The topological polar surface area (TPSA) is 46.2 Å². The van der Waals surface area contributed by atoms with Crippen LogP contribution in [-0.4, -0.2) is 21.1 Å². The molecular weight excluding hydrogens is 342 g/mol. The summed E-state index contributed by atoms with van der Waals surface area (Å²) < 4.78 is 73.9. The minimum atomic E-state index is -4.47. The molecule has 0 aliphatic carbocycles. The highest BCUT2D eigenvalue weighted by Crippen LogP contribution is 2.21. The number of halogens is 5. The first-order chi connectivity index (χ1) is 8.12. The van der Waals surface area contributed by atoms with Crippen LogP contribution in [-0.2, 0) is 10.0 Å². The monoisotopic (exact) mass is 349 g/mol. The third-order valence-electron chi connectivity index (χ3n) is 1.88.